The summed E-state index contributed by atoms with van der Waals surface area (Å²) in [6.07, 6.45) is 1.29. The van der Waals surface area contributed by atoms with Crippen molar-refractivity contribution < 1.29 is 24.2 Å². The molecule has 1 N–H and O–H groups in total. The van der Waals surface area contributed by atoms with E-state index in [2.05, 4.69) is 0 Å². The molecular formula is C19H16O5. The lowest BCUT2D eigenvalue weighted by molar-refractivity contribution is -0.144. The number of esters is 1. The molecule has 1 aliphatic carbocycles. The Morgan fingerprint density at radius 3 is 2.54 bits per heavy atom. The van der Waals surface area contributed by atoms with Crippen molar-refractivity contribution in [2.24, 2.45) is 5.41 Å². The van der Waals surface area contributed by atoms with Gasteiger partial charge in [0, 0.05) is 11.1 Å². The molecular weight excluding hydrogens is 308 g/mol. The number of carbonyl (C=O) groups excluding carboxylic acids is 1. The number of fused-ring (bicyclic) bond motifs is 1. The fraction of sp³-hybridized carbons (Fsp3) is 0.263. The summed E-state index contributed by atoms with van der Waals surface area (Å²) < 4.78 is 11.0. The molecule has 0 radical (unpaired) electrons. The van der Waals surface area contributed by atoms with E-state index in [0.717, 1.165) is 16.7 Å². The number of para-hydroxylation sites is 1. The van der Waals surface area contributed by atoms with Crippen LogP contribution in [0.5, 0.6) is 5.75 Å². The zero-order valence-corrected chi connectivity index (χ0v) is 13.0. The van der Waals surface area contributed by atoms with E-state index in [4.69, 9.17) is 9.47 Å². The third-order valence-electron chi connectivity index (χ3n) is 4.73. The molecule has 2 aromatic carbocycles. The molecule has 0 atom stereocenters. The molecule has 0 bridgehead atoms. The second-order valence-corrected chi connectivity index (χ2v) is 6.28. The predicted octanol–water partition coefficient (Wildman–Crippen LogP) is 3.27. The van der Waals surface area contributed by atoms with Gasteiger partial charge in [0.1, 0.15) is 24.4 Å². The quantitative estimate of drug-likeness (QED) is 0.855. The van der Waals surface area contributed by atoms with E-state index in [9.17, 15) is 14.7 Å². The van der Waals surface area contributed by atoms with Crippen molar-refractivity contribution >= 4 is 11.9 Å². The Hall–Kier alpha value is -2.82. The van der Waals surface area contributed by atoms with Crippen LogP contribution in [0.3, 0.4) is 0 Å². The molecule has 1 saturated carbocycles. The van der Waals surface area contributed by atoms with Crippen LogP contribution in [-0.2, 0) is 16.1 Å². The standard InChI is InChI=1S/C19H16O5/c20-17-14-6-3-5-12(15(14)10-23-17)13-4-1-2-7-16(13)24-11-19(8-9-19)18(21)22/h1-7H,8-11H2,(H,21,22). The lowest BCUT2D eigenvalue weighted by Crippen LogP contribution is -2.23. The Morgan fingerprint density at radius 1 is 1.08 bits per heavy atom. The second-order valence-electron chi connectivity index (χ2n) is 6.28. The van der Waals surface area contributed by atoms with Crippen LogP contribution in [-0.4, -0.2) is 23.7 Å². The fourth-order valence-corrected chi connectivity index (χ4v) is 3.00. The van der Waals surface area contributed by atoms with Crippen LogP contribution >= 0.6 is 0 Å². The highest BCUT2D eigenvalue weighted by molar-refractivity contribution is 5.96. The lowest BCUT2D eigenvalue weighted by Gasteiger charge is -2.16. The maximum atomic E-state index is 11.8. The first-order valence-corrected chi connectivity index (χ1v) is 7.85. The van der Waals surface area contributed by atoms with Gasteiger partial charge >= 0.3 is 11.9 Å². The Balaban J connectivity index is 1.68. The number of carboxylic acids is 1. The van der Waals surface area contributed by atoms with E-state index in [1.165, 1.54) is 0 Å². The maximum absolute atomic E-state index is 11.8. The van der Waals surface area contributed by atoms with Gasteiger partial charge < -0.3 is 14.6 Å². The number of hydrogen-bond acceptors (Lipinski definition) is 4. The van der Waals surface area contributed by atoms with Crippen LogP contribution in [0.4, 0.5) is 0 Å². The van der Waals surface area contributed by atoms with Gasteiger partial charge in [0.25, 0.3) is 0 Å². The summed E-state index contributed by atoms with van der Waals surface area (Å²) in [5.41, 5.74) is 2.40. The Kier molecular flexibility index (Phi) is 3.30. The molecule has 0 saturated heterocycles. The van der Waals surface area contributed by atoms with Crippen molar-refractivity contribution in [1.29, 1.82) is 0 Å². The number of rotatable bonds is 5. The van der Waals surface area contributed by atoms with Gasteiger partial charge in [0.2, 0.25) is 0 Å². The van der Waals surface area contributed by atoms with Gasteiger partial charge in [-0.25, -0.2) is 4.79 Å². The van der Waals surface area contributed by atoms with Crippen molar-refractivity contribution in [3.8, 4) is 16.9 Å². The van der Waals surface area contributed by atoms with E-state index < -0.39 is 11.4 Å². The van der Waals surface area contributed by atoms with Crippen molar-refractivity contribution in [3.63, 3.8) is 0 Å². The summed E-state index contributed by atoms with van der Waals surface area (Å²) in [6, 6.07) is 13.0. The first kappa shape index (κ1) is 14.8. The molecule has 24 heavy (non-hydrogen) atoms. The molecule has 2 aliphatic rings. The SMILES string of the molecule is O=C1OCc2c1cccc2-c1ccccc1OCC1(C(=O)O)CC1. The summed E-state index contributed by atoms with van der Waals surface area (Å²) in [6.45, 7) is 0.404. The molecule has 5 nitrogen and oxygen atoms in total. The molecule has 0 aromatic heterocycles. The van der Waals surface area contributed by atoms with Gasteiger partial charge in [-0.1, -0.05) is 30.3 Å². The topological polar surface area (TPSA) is 72.8 Å². The monoisotopic (exact) mass is 324 g/mol. The molecule has 1 fully saturated rings. The average Bonchev–Trinajstić information content (AvgIpc) is 3.31. The van der Waals surface area contributed by atoms with Crippen LogP contribution in [0.1, 0.15) is 28.8 Å². The van der Waals surface area contributed by atoms with Gasteiger partial charge in [-0.3, -0.25) is 4.79 Å². The highest BCUT2D eigenvalue weighted by Gasteiger charge is 2.51. The lowest BCUT2D eigenvalue weighted by atomic mass is 9.96. The van der Waals surface area contributed by atoms with Gasteiger partial charge in [-0.15, -0.1) is 0 Å². The number of carboxylic acid groups (broad SMARTS) is 1. The molecule has 122 valence electrons. The minimum Gasteiger partial charge on any atom is -0.492 e. The molecule has 1 heterocycles. The second kappa shape index (κ2) is 5.37. The average molecular weight is 324 g/mol. The van der Waals surface area contributed by atoms with Gasteiger partial charge in [0.05, 0.1) is 5.56 Å². The van der Waals surface area contributed by atoms with Crippen LogP contribution in [0, 0.1) is 5.41 Å². The molecule has 0 amide bonds. The van der Waals surface area contributed by atoms with Crippen LogP contribution in [0.15, 0.2) is 42.5 Å². The number of ether oxygens (including phenoxy) is 2. The Bertz CT molecular complexity index is 835. The van der Waals surface area contributed by atoms with Crippen molar-refractivity contribution in [2.75, 3.05) is 6.61 Å². The molecule has 5 heteroatoms. The minimum absolute atomic E-state index is 0.157. The Morgan fingerprint density at radius 2 is 1.79 bits per heavy atom. The number of cyclic esters (lactones) is 1. The summed E-state index contributed by atoms with van der Waals surface area (Å²) in [7, 11) is 0. The summed E-state index contributed by atoms with van der Waals surface area (Å²) in [5, 5.41) is 9.29. The predicted molar refractivity (Wildman–Crippen MR) is 85.8 cm³/mol. The maximum Gasteiger partial charge on any atom is 0.338 e. The minimum atomic E-state index is -0.806. The van der Waals surface area contributed by atoms with E-state index in [1.54, 1.807) is 6.07 Å². The zero-order chi connectivity index (χ0) is 16.7. The van der Waals surface area contributed by atoms with E-state index in [1.807, 2.05) is 36.4 Å². The summed E-state index contributed by atoms with van der Waals surface area (Å²) in [5.74, 6) is -0.495. The highest BCUT2D eigenvalue weighted by atomic mass is 16.5. The molecule has 2 aromatic rings. The summed E-state index contributed by atoms with van der Waals surface area (Å²) >= 11 is 0. The van der Waals surface area contributed by atoms with Gasteiger partial charge in [-0.05, 0) is 30.5 Å². The van der Waals surface area contributed by atoms with Crippen molar-refractivity contribution in [1.82, 2.24) is 0 Å². The largest absolute Gasteiger partial charge is 0.492 e. The number of carbonyl (C=O) groups is 2. The van der Waals surface area contributed by atoms with Gasteiger partial charge in [-0.2, -0.15) is 0 Å². The zero-order valence-electron chi connectivity index (χ0n) is 13.0. The van der Waals surface area contributed by atoms with E-state index in [-0.39, 0.29) is 19.2 Å². The Labute approximate surface area is 138 Å². The van der Waals surface area contributed by atoms with Crippen molar-refractivity contribution in [3.05, 3.63) is 53.6 Å². The molecule has 1 aliphatic heterocycles. The van der Waals surface area contributed by atoms with E-state index in [0.29, 0.717) is 24.2 Å². The third kappa shape index (κ3) is 2.33. The summed E-state index contributed by atoms with van der Waals surface area (Å²) in [4.78, 5) is 23.1. The number of aliphatic carboxylic acids is 1. The first-order chi connectivity index (χ1) is 11.6. The molecule has 0 spiro atoms. The van der Waals surface area contributed by atoms with Crippen molar-refractivity contribution in [2.45, 2.75) is 19.4 Å². The van der Waals surface area contributed by atoms with Gasteiger partial charge in [0.15, 0.2) is 0 Å². The molecule has 0 unspecified atom stereocenters. The highest BCUT2D eigenvalue weighted by Crippen LogP contribution is 2.47. The number of benzene rings is 2. The fourth-order valence-electron chi connectivity index (χ4n) is 3.00. The normalized spacial score (nSPS) is 17.1. The number of hydrogen-bond donors (Lipinski definition) is 1. The smallest absolute Gasteiger partial charge is 0.338 e. The van der Waals surface area contributed by atoms with Crippen LogP contribution in [0.25, 0.3) is 11.1 Å². The molecule has 4 rings (SSSR count). The third-order valence-corrected chi connectivity index (χ3v) is 4.73. The first-order valence-electron chi connectivity index (χ1n) is 7.85. The van der Waals surface area contributed by atoms with Crippen LogP contribution < -0.4 is 4.74 Å². The van der Waals surface area contributed by atoms with Crippen LogP contribution in [0.2, 0.25) is 0 Å². The van der Waals surface area contributed by atoms with E-state index >= 15 is 0 Å².